The molecular formula is C15H20ClNO2. The minimum absolute atomic E-state index is 0.273. The van der Waals surface area contributed by atoms with Crippen LogP contribution in [0.2, 0.25) is 0 Å². The van der Waals surface area contributed by atoms with Crippen molar-refractivity contribution >= 4 is 17.7 Å². The lowest BCUT2D eigenvalue weighted by atomic mass is 10.0. The van der Waals surface area contributed by atoms with Crippen LogP contribution in [0.4, 0.5) is 4.79 Å². The van der Waals surface area contributed by atoms with E-state index in [9.17, 15) is 4.79 Å². The molecule has 0 aliphatic heterocycles. The van der Waals surface area contributed by atoms with Crippen molar-refractivity contribution in [2.45, 2.75) is 32.4 Å². The van der Waals surface area contributed by atoms with Crippen LogP contribution in [0.25, 0.3) is 0 Å². The van der Waals surface area contributed by atoms with Crippen LogP contribution >= 0.6 is 11.6 Å². The van der Waals surface area contributed by atoms with Crippen LogP contribution in [-0.2, 0) is 4.74 Å². The molecule has 1 aromatic rings. The van der Waals surface area contributed by atoms with Gasteiger partial charge in [-0.1, -0.05) is 36.9 Å². The maximum atomic E-state index is 11.8. The van der Waals surface area contributed by atoms with Crippen LogP contribution in [0.15, 0.2) is 42.5 Å². The van der Waals surface area contributed by atoms with E-state index >= 15 is 0 Å². The molecule has 0 saturated heterocycles. The number of ether oxygens (including phenoxy) is 1. The van der Waals surface area contributed by atoms with Gasteiger partial charge in [-0.05, 0) is 31.9 Å². The van der Waals surface area contributed by atoms with Crippen LogP contribution in [-0.4, -0.2) is 17.6 Å². The van der Waals surface area contributed by atoms with Gasteiger partial charge in [-0.15, -0.1) is 11.6 Å². The van der Waals surface area contributed by atoms with E-state index in [4.69, 9.17) is 16.3 Å². The van der Waals surface area contributed by atoms with Crippen molar-refractivity contribution in [3.8, 4) is 0 Å². The second kappa shape index (κ2) is 6.62. The first-order valence-corrected chi connectivity index (χ1v) is 6.65. The SMILES string of the molecule is C=C(CCl)C(NC(=O)OC(C)(C)C)c1ccccc1. The molecule has 0 aromatic heterocycles. The van der Waals surface area contributed by atoms with Crippen molar-refractivity contribution in [1.29, 1.82) is 0 Å². The molecular weight excluding hydrogens is 262 g/mol. The van der Waals surface area contributed by atoms with E-state index in [0.29, 0.717) is 0 Å². The van der Waals surface area contributed by atoms with Crippen LogP contribution in [0, 0.1) is 0 Å². The Morgan fingerprint density at radius 1 is 1.37 bits per heavy atom. The number of benzene rings is 1. The van der Waals surface area contributed by atoms with Gasteiger partial charge in [0.05, 0.1) is 6.04 Å². The zero-order valence-corrected chi connectivity index (χ0v) is 12.3. The molecule has 0 bridgehead atoms. The first-order chi connectivity index (χ1) is 8.83. The Morgan fingerprint density at radius 3 is 2.42 bits per heavy atom. The highest BCUT2D eigenvalue weighted by molar-refractivity contribution is 6.19. The van der Waals surface area contributed by atoms with E-state index in [2.05, 4.69) is 11.9 Å². The van der Waals surface area contributed by atoms with Crippen molar-refractivity contribution in [3.05, 3.63) is 48.0 Å². The van der Waals surface area contributed by atoms with Gasteiger partial charge < -0.3 is 10.1 Å². The summed E-state index contributed by atoms with van der Waals surface area (Å²) >= 11 is 5.82. The summed E-state index contributed by atoms with van der Waals surface area (Å²) in [5.41, 5.74) is 1.12. The number of carbonyl (C=O) groups is 1. The number of hydrogen-bond donors (Lipinski definition) is 1. The molecule has 0 radical (unpaired) electrons. The fourth-order valence-corrected chi connectivity index (χ4v) is 1.72. The predicted octanol–water partition coefficient (Wildman–Crippen LogP) is 4.05. The maximum absolute atomic E-state index is 11.8. The average molecular weight is 282 g/mol. The summed E-state index contributed by atoms with van der Waals surface area (Å²) in [6.45, 7) is 9.36. The molecule has 0 saturated carbocycles. The van der Waals surface area contributed by atoms with Crippen molar-refractivity contribution in [2.75, 3.05) is 5.88 Å². The number of nitrogens with one attached hydrogen (secondary N) is 1. The topological polar surface area (TPSA) is 38.3 Å². The summed E-state index contributed by atoms with van der Waals surface area (Å²) in [7, 11) is 0. The molecule has 19 heavy (non-hydrogen) atoms. The molecule has 1 amide bonds. The van der Waals surface area contributed by atoms with Crippen LogP contribution in [0.3, 0.4) is 0 Å². The molecule has 1 atom stereocenters. The van der Waals surface area contributed by atoms with Gasteiger partial charge in [0.15, 0.2) is 0 Å². The Hall–Kier alpha value is -1.48. The largest absolute Gasteiger partial charge is 0.444 e. The van der Waals surface area contributed by atoms with Crippen molar-refractivity contribution in [3.63, 3.8) is 0 Å². The van der Waals surface area contributed by atoms with Gasteiger partial charge in [0, 0.05) is 5.88 Å². The lowest BCUT2D eigenvalue weighted by Crippen LogP contribution is -2.35. The third-order valence-corrected chi connectivity index (χ3v) is 2.72. The summed E-state index contributed by atoms with van der Waals surface area (Å²) in [4.78, 5) is 11.8. The number of alkyl carbamates (subject to hydrolysis) is 1. The Balaban J connectivity index is 2.83. The fraction of sp³-hybridized carbons (Fsp3) is 0.400. The first-order valence-electron chi connectivity index (χ1n) is 6.11. The van der Waals surface area contributed by atoms with E-state index in [-0.39, 0.29) is 11.9 Å². The highest BCUT2D eigenvalue weighted by Gasteiger charge is 2.21. The second-order valence-corrected chi connectivity index (χ2v) is 5.55. The molecule has 0 aliphatic carbocycles. The first kappa shape index (κ1) is 15.6. The monoisotopic (exact) mass is 281 g/mol. The van der Waals surface area contributed by atoms with Gasteiger partial charge in [-0.3, -0.25) is 0 Å². The summed E-state index contributed by atoms with van der Waals surface area (Å²) < 4.78 is 5.25. The fourth-order valence-electron chi connectivity index (χ4n) is 1.57. The van der Waals surface area contributed by atoms with E-state index in [1.807, 2.05) is 51.1 Å². The minimum Gasteiger partial charge on any atom is -0.444 e. The molecule has 0 aliphatic rings. The number of halogens is 1. The number of amides is 1. The van der Waals surface area contributed by atoms with Gasteiger partial charge in [0.1, 0.15) is 5.60 Å². The normalized spacial score (nSPS) is 12.6. The summed E-state index contributed by atoms with van der Waals surface area (Å²) in [6, 6.07) is 9.21. The molecule has 0 fully saturated rings. The quantitative estimate of drug-likeness (QED) is 0.668. The lowest BCUT2D eigenvalue weighted by molar-refractivity contribution is 0.0511. The predicted molar refractivity (Wildman–Crippen MR) is 78.4 cm³/mol. The van der Waals surface area contributed by atoms with Gasteiger partial charge in [-0.2, -0.15) is 0 Å². The van der Waals surface area contributed by atoms with E-state index in [1.165, 1.54) is 0 Å². The summed E-state index contributed by atoms with van der Waals surface area (Å²) in [6.07, 6.45) is -0.479. The Kier molecular flexibility index (Phi) is 5.43. The summed E-state index contributed by atoms with van der Waals surface area (Å²) in [5, 5.41) is 2.80. The smallest absolute Gasteiger partial charge is 0.408 e. The lowest BCUT2D eigenvalue weighted by Gasteiger charge is -2.24. The van der Waals surface area contributed by atoms with E-state index in [0.717, 1.165) is 11.1 Å². The zero-order valence-electron chi connectivity index (χ0n) is 11.6. The van der Waals surface area contributed by atoms with E-state index in [1.54, 1.807) is 0 Å². The Morgan fingerprint density at radius 2 is 1.95 bits per heavy atom. The number of hydrogen-bond acceptors (Lipinski definition) is 2. The average Bonchev–Trinajstić information content (AvgIpc) is 2.34. The minimum atomic E-state index is -0.534. The molecule has 104 valence electrons. The van der Waals surface area contributed by atoms with Crippen molar-refractivity contribution in [2.24, 2.45) is 0 Å². The van der Waals surface area contributed by atoms with Gasteiger partial charge in [0.2, 0.25) is 0 Å². The third-order valence-electron chi connectivity index (χ3n) is 2.37. The van der Waals surface area contributed by atoms with E-state index < -0.39 is 11.7 Å². The highest BCUT2D eigenvalue weighted by atomic mass is 35.5. The number of alkyl halides is 1. The molecule has 0 heterocycles. The molecule has 1 N–H and O–H groups in total. The van der Waals surface area contributed by atoms with Gasteiger partial charge in [0.25, 0.3) is 0 Å². The van der Waals surface area contributed by atoms with Crippen molar-refractivity contribution in [1.82, 2.24) is 5.32 Å². The second-order valence-electron chi connectivity index (χ2n) is 5.28. The molecule has 1 unspecified atom stereocenters. The zero-order chi connectivity index (χ0) is 14.5. The number of carbonyl (C=O) groups excluding carboxylic acids is 1. The maximum Gasteiger partial charge on any atom is 0.408 e. The Bertz CT molecular complexity index is 437. The summed E-state index contributed by atoms with van der Waals surface area (Å²) in [5.74, 6) is 0.273. The van der Waals surface area contributed by atoms with Gasteiger partial charge in [-0.25, -0.2) is 4.79 Å². The van der Waals surface area contributed by atoms with Crippen molar-refractivity contribution < 1.29 is 9.53 Å². The van der Waals surface area contributed by atoms with Crippen LogP contribution in [0.1, 0.15) is 32.4 Å². The van der Waals surface area contributed by atoms with Gasteiger partial charge >= 0.3 is 6.09 Å². The molecule has 4 heteroatoms. The molecule has 1 aromatic carbocycles. The number of rotatable bonds is 4. The molecule has 0 spiro atoms. The van der Waals surface area contributed by atoms with Crippen LogP contribution < -0.4 is 5.32 Å². The third kappa shape index (κ3) is 5.35. The molecule has 3 nitrogen and oxygen atoms in total. The van der Waals surface area contributed by atoms with Crippen LogP contribution in [0.5, 0.6) is 0 Å². The highest BCUT2D eigenvalue weighted by Crippen LogP contribution is 2.22. The Labute approximate surface area is 119 Å². The standard InChI is InChI=1S/C15H20ClNO2/c1-11(10-16)13(12-8-6-5-7-9-12)17-14(18)19-15(2,3)4/h5-9,13H,1,10H2,2-4H3,(H,17,18). The molecule has 1 rings (SSSR count).